The van der Waals surface area contributed by atoms with E-state index in [4.69, 9.17) is 4.42 Å². The number of aryl methyl sites for hydroxylation is 2. The maximum atomic E-state index is 11.9. The first-order valence-electron chi connectivity index (χ1n) is 5.85. The van der Waals surface area contributed by atoms with Crippen molar-refractivity contribution in [3.8, 4) is 0 Å². The highest BCUT2D eigenvalue weighted by molar-refractivity contribution is 7.14. The molecule has 0 aliphatic rings. The molecular weight excluding hydrogens is 264 g/mol. The van der Waals surface area contributed by atoms with Crippen LogP contribution in [0.2, 0.25) is 0 Å². The Hall–Kier alpha value is -2.08. The lowest BCUT2D eigenvalue weighted by Gasteiger charge is -2.03. The molecule has 100 valence electrons. The van der Waals surface area contributed by atoms with Crippen molar-refractivity contribution in [1.82, 2.24) is 10.9 Å². The van der Waals surface area contributed by atoms with Gasteiger partial charge in [-0.15, -0.1) is 11.3 Å². The zero-order valence-corrected chi connectivity index (χ0v) is 11.5. The Morgan fingerprint density at radius 1 is 1.32 bits per heavy atom. The second kappa shape index (κ2) is 5.71. The van der Waals surface area contributed by atoms with E-state index < -0.39 is 5.91 Å². The summed E-state index contributed by atoms with van der Waals surface area (Å²) < 4.78 is 4.91. The van der Waals surface area contributed by atoms with Gasteiger partial charge in [-0.05, 0) is 37.1 Å². The highest BCUT2D eigenvalue weighted by Gasteiger charge is 2.13. The predicted octanol–water partition coefficient (Wildman–Crippen LogP) is 2.29. The van der Waals surface area contributed by atoms with E-state index in [0.717, 1.165) is 12.0 Å². The van der Waals surface area contributed by atoms with Gasteiger partial charge in [0.05, 0.1) is 11.1 Å². The van der Waals surface area contributed by atoms with Gasteiger partial charge in [0, 0.05) is 4.88 Å². The topological polar surface area (TPSA) is 71.3 Å². The lowest BCUT2D eigenvalue weighted by atomic mass is 10.2. The molecule has 5 nitrogen and oxygen atoms in total. The van der Waals surface area contributed by atoms with E-state index >= 15 is 0 Å². The van der Waals surface area contributed by atoms with Gasteiger partial charge in [0.25, 0.3) is 5.91 Å². The summed E-state index contributed by atoms with van der Waals surface area (Å²) in [7, 11) is 0. The van der Waals surface area contributed by atoms with Crippen LogP contribution in [0, 0.1) is 6.92 Å². The molecule has 0 atom stereocenters. The van der Waals surface area contributed by atoms with Crippen LogP contribution in [0.3, 0.4) is 0 Å². The minimum Gasteiger partial charge on any atom is -0.459 e. The molecular formula is C13H14N2O3S. The Morgan fingerprint density at radius 2 is 2.05 bits per heavy atom. The summed E-state index contributed by atoms with van der Waals surface area (Å²) in [5.74, 6) is -0.660. The van der Waals surface area contributed by atoms with Gasteiger partial charge in [0.1, 0.15) is 0 Å². The first kappa shape index (κ1) is 13.4. The monoisotopic (exact) mass is 278 g/mol. The second-order valence-corrected chi connectivity index (χ2v) is 5.09. The lowest BCUT2D eigenvalue weighted by molar-refractivity contribution is 0.0833. The van der Waals surface area contributed by atoms with E-state index in [0.29, 0.717) is 4.88 Å². The minimum absolute atomic E-state index is 0.150. The minimum atomic E-state index is -0.484. The molecule has 2 amide bonds. The molecule has 2 aromatic heterocycles. The van der Waals surface area contributed by atoms with Crippen molar-refractivity contribution in [2.24, 2.45) is 0 Å². The number of thiophene rings is 1. The molecule has 0 fully saturated rings. The Kier molecular flexibility index (Phi) is 4.01. The summed E-state index contributed by atoms with van der Waals surface area (Å²) in [6, 6.07) is 4.94. The second-order valence-electron chi connectivity index (χ2n) is 3.96. The van der Waals surface area contributed by atoms with Gasteiger partial charge in [0.15, 0.2) is 5.76 Å². The summed E-state index contributed by atoms with van der Waals surface area (Å²) in [5.41, 5.74) is 5.76. The summed E-state index contributed by atoms with van der Waals surface area (Å²) >= 11 is 1.43. The van der Waals surface area contributed by atoms with Crippen LogP contribution >= 0.6 is 11.3 Å². The van der Waals surface area contributed by atoms with Crippen molar-refractivity contribution in [2.75, 3.05) is 0 Å². The number of carbonyl (C=O) groups excluding carboxylic acids is 2. The van der Waals surface area contributed by atoms with E-state index in [9.17, 15) is 9.59 Å². The van der Waals surface area contributed by atoms with Gasteiger partial charge in [-0.3, -0.25) is 20.4 Å². The van der Waals surface area contributed by atoms with Crippen molar-refractivity contribution in [2.45, 2.75) is 20.3 Å². The van der Waals surface area contributed by atoms with Crippen LogP contribution in [-0.4, -0.2) is 11.8 Å². The number of amides is 2. The standard InChI is InChI=1S/C13H14N2O3S/c1-3-10-8(2)7-11(19-10)13(17)15-14-12(16)9-5-4-6-18-9/h4-7H,3H2,1-2H3,(H,14,16)(H,15,17). The van der Waals surface area contributed by atoms with E-state index in [2.05, 4.69) is 10.9 Å². The van der Waals surface area contributed by atoms with Crippen molar-refractivity contribution in [3.63, 3.8) is 0 Å². The molecule has 0 aromatic carbocycles. The quantitative estimate of drug-likeness (QED) is 0.846. The fourth-order valence-corrected chi connectivity index (χ4v) is 2.64. The summed E-state index contributed by atoms with van der Waals surface area (Å²) in [6.45, 7) is 4.01. The Labute approximate surface area is 114 Å². The fraction of sp³-hybridized carbons (Fsp3) is 0.231. The van der Waals surface area contributed by atoms with Gasteiger partial charge >= 0.3 is 5.91 Å². The number of hydrogen-bond donors (Lipinski definition) is 2. The SMILES string of the molecule is CCc1sc(C(=O)NNC(=O)c2ccco2)cc1C. The van der Waals surface area contributed by atoms with Gasteiger partial charge in [-0.2, -0.15) is 0 Å². The molecule has 0 saturated heterocycles. The summed E-state index contributed by atoms with van der Waals surface area (Å²) in [5, 5.41) is 0. The maximum Gasteiger partial charge on any atom is 0.305 e. The molecule has 0 unspecified atom stereocenters. The smallest absolute Gasteiger partial charge is 0.305 e. The largest absolute Gasteiger partial charge is 0.459 e. The lowest BCUT2D eigenvalue weighted by Crippen LogP contribution is -2.41. The molecule has 2 heterocycles. The Balaban J connectivity index is 1.96. The third-order valence-corrected chi connectivity index (χ3v) is 3.98. The first-order valence-corrected chi connectivity index (χ1v) is 6.67. The third-order valence-electron chi connectivity index (χ3n) is 2.60. The number of hydrazine groups is 1. The number of hydrogen-bond acceptors (Lipinski definition) is 4. The highest BCUT2D eigenvalue weighted by atomic mass is 32.1. The van der Waals surface area contributed by atoms with E-state index in [-0.39, 0.29) is 11.7 Å². The number of nitrogens with one attached hydrogen (secondary N) is 2. The van der Waals surface area contributed by atoms with Crippen LogP contribution in [-0.2, 0) is 6.42 Å². The summed E-state index contributed by atoms with van der Waals surface area (Å²) in [4.78, 5) is 25.2. The zero-order valence-electron chi connectivity index (χ0n) is 10.6. The molecule has 0 aliphatic heterocycles. The molecule has 2 N–H and O–H groups in total. The number of rotatable bonds is 3. The predicted molar refractivity (Wildman–Crippen MR) is 72.1 cm³/mol. The molecule has 0 aliphatic carbocycles. The first-order chi connectivity index (χ1) is 9.11. The van der Waals surface area contributed by atoms with Crippen LogP contribution in [0.5, 0.6) is 0 Å². The molecule has 0 radical (unpaired) electrons. The van der Waals surface area contributed by atoms with Crippen LogP contribution in [0.25, 0.3) is 0 Å². The van der Waals surface area contributed by atoms with Crippen LogP contribution < -0.4 is 10.9 Å². The van der Waals surface area contributed by atoms with E-state index in [1.165, 1.54) is 28.5 Å². The van der Waals surface area contributed by atoms with Crippen molar-refractivity contribution in [1.29, 1.82) is 0 Å². The van der Waals surface area contributed by atoms with E-state index in [1.54, 1.807) is 6.07 Å². The number of furan rings is 1. The molecule has 6 heteroatoms. The maximum absolute atomic E-state index is 11.9. The van der Waals surface area contributed by atoms with Crippen LogP contribution in [0.15, 0.2) is 28.9 Å². The van der Waals surface area contributed by atoms with Crippen LogP contribution in [0.1, 0.15) is 37.6 Å². The third kappa shape index (κ3) is 3.03. The number of carbonyl (C=O) groups is 2. The molecule has 19 heavy (non-hydrogen) atoms. The highest BCUT2D eigenvalue weighted by Crippen LogP contribution is 2.21. The van der Waals surface area contributed by atoms with Gasteiger partial charge in [-0.1, -0.05) is 6.92 Å². The molecule has 0 saturated carbocycles. The molecule has 0 spiro atoms. The molecule has 2 aromatic rings. The summed E-state index contributed by atoms with van der Waals surface area (Å²) in [6.07, 6.45) is 2.29. The zero-order chi connectivity index (χ0) is 13.8. The molecule has 2 rings (SSSR count). The molecule has 0 bridgehead atoms. The normalized spacial score (nSPS) is 10.2. The fourth-order valence-electron chi connectivity index (χ4n) is 1.63. The van der Waals surface area contributed by atoms with Gasteiger partial charge in [0.2, 0.25) is 0 Å². The van der Waals surface area contributed by atoms with Crippen molar-refractivity contribution >= 4 is 23.2 Å². The average molecular weight is 278 g/mol. The van der Waals surface area contributed by atoms with Gasteiger partial charge in [-0.25, -0.2) is 0 Å². The Bertz CT molecular complexity index is 587. The van der Waals surface area contributed by atoms with Crippen molar-refractivity contribution in [3.05, 3.63) is 45.5 Å². The Morgan fingerprint density at radius 3 is 2.63 bits per heavy atom. The van der Waals surface area contributed by atoms with Gasteiger partial charge < -0.3 is 4.42 Å². The van der Waals surface area contributed by atoms with Crippen LogP contribution in [0.4, 0.5) is 0 Å². The average Bonchev–Trinajstić information content (AvgIpc) is 3.04. The van der Waals surface area contributed by atoms with Crippen molar-refractivity contribution < 1.29 is 14.0 Å². The van der Waals surface area contributed by atoms with E-state index in [1.807, 2.05) is 19.9 Å².